The van der Waals surface area contributed by atoms with Gasteiger partial charge >= 0.3 is 7.12 Å². The molecule has 0 bridgehead atoms. The molecule has 0 N–H and O–H groups in total. The van der Waals surface area contributed by atoms with Crippen molar-refractivity contribution in [2.24, 2.45) is 0 Å². The normalized spacial score (nSPS) is 8.62. The molecule has 0 heterocycles. The molecule has 0 saturated heterocycles. The van der Waals surface area contributed by atoms with Gasteiger partial charge in [-0.05, 0) is 0 Å². The molecule has 0 spiro atoms. The molecule has 0 saturated carbocycles. The lowest BCUT2D eigenvalue weighted by atomic mass is 9.79. The monoisotopic (exact) mass is 178 g/mol. The number of rotatable bonds is 5. The van der Waals surface area contributed by atoms with Crippen LogP contribution in [0.3, 0.4) is 0 Å². The van der Waals surface area contributed by atoms with Crippen LogP contribution in [0.4, 0.5) is 0 Å². The van der Waals surface area contributed by atoms with Gasteiger partial charge in [0.25, 0.3) is 12.9 Å². The standard InChI is InChI=1S/C8H7BO4/c10-6-12-9(13-7-11)8-4-2-1-3-5-8/h1-7H. The summed E-state index contributed by atoms with van der Waals surface area (Å²) < 4.78 is 9.07. The first-order chi connectivity index (χ1) is 6.38. The van der Waals surface area contributed by atoms with Gasteiger partial charge in [-0.15, -0.1) is 0 Å². The van der Waals surface area contributed by atoms with Crippen molar-refractivity contribution >= 4 is 25.5 Å². The van der Waals surface area contributed by atoms with Crippen molar-refractivity contribution in [2.45, 2.75) is 0 Å². The van der Waals surface area contributed by atoms with Crippen LogP contribution in [0.1, 0.15) is 0 Å². The van der Waals surface area contributed by atoms with E-state index in [0.717, 1.165) is 0 Å². The lowest BCUT2D eigenvalue weighted by molar-refractivity contribution is -0.125. The Kier molecular flexibility index (Phi) is 3.56. The minimum absolute atomic E-state index is 0.237. The Morgan fingerprint density at radius 1 is 1.00 bits per heavy atom. The Morgan fingerprint density at radius 2 is 1.54 bits per heavy atom. The molecule has 0 aliphatic rings. The number of hydrogen-bond donors (Lipinski definition) is 0. The molecule has 0 aromatic heterocycles. The van der Waals surface area contributed by atoms with E-state index in [1.54, 1.807) is 24.3 Å². The van der Waals surface area contributed by atoms with Gasteiger partial charge in [-0.1, -0.05) is 30.3 Å². The highest BCUT2D eigenvalue weighted by Crippen LogP contribution is 1.90. The SMILES string of the molecule is O=COB(OC=O)c1ccccc1. The molecule has 0 unspecified atom stereocenters. The summed E-state index contributed by atoms with van der Waals surface area (Å²) in [4.78, 5) is 20.1. The average molecular weight is 178 g/mol. The molecule has 4 nitrogen and oxygen atoms in total. The lowest BCUT2D eigenvalue weighted by Crippen LogP contribution is -2.36. The summed E-state index contributed by atoms with van der Waals surface area (Å²) >= 11 is 0. The third-order valence-electron chi connectivity index (χ3n) is 1.43. The second kappa shape index (κ2) is 4.98. The van der Waals surface area contributed by atoms with E-state index in [-0.39, 0.29) is 12.9 Å². The summed E-state index contributed by atoms with van der Waals surface area (Å²) in [6, 6.07) is 8.70. The second-order valence-electron chi connectivity index (χ2n) is 2.21. The zero-order valence-electron chi connectivity index (χ0n) is 6.75. The summed E-state index contributed by atoms with van der Waals surface area (Å²) in [5, 5.41) is 0. The lowest BCUT2D eigenvalue weighted by Gasteiger charge is -2.06. The highest BCUT2D eigenvalue weighted by Gasteiger charge is 2.23. The molecule has 1 rings (SSSR count). The van der Waals surface area contributed by atoms with Crippen molar-refractivity contribution in [3.63, 3.8) is 0 Å². The first-order valence-corrected chi connectivity index (χ1v) is 3.61. The Balaban J connectivity index is 2.75. The van der Waals surface area contributed by atoms with Gasteiger partial charge in [-0.25, -0.2) is 0 Å². The first kappa shape index (κ1) is 9.31. The Labute approximate surface area is 75.6 Å². The Bertz CT molecular complexity index is 265. The van der Waals surface area contributed by atoms with Crippen LogP contribution < -0.4 is 5.46 Å². The van der Waals surface area contributed by atoms with Gasteiger partial charge in [-0.3, -0.25) is 9.59 Å². The van der Waals surface area contributed by atoms with Gasteiger partial charge in [0.15, 0.2) is 0 Å². The largest absolute Gasteiger partial charge is 0.636 e. The molecule has 0 aliphatic heterocycles. The minimum Gasteiger partial charge on any atom is -0.498 e. The fourth-order valence-corrected chi connectivity index (χ4v) is 0.900. The molecule has 1 aromatic carbocycles. The van der Waals surface area contributed by atoms with Crippen LogP contribution in [-0.2, 0) is 18.9 Å². The molecule has 13 heavy (non-hydrogen) atoms. The summed E-state index contributed by atoms with van der Waals surface area (Å²) in [5.74, 6) is 0. The average Bonchev–Trinajstić information content (AvgIpc) is 2.19. The summed E-state index contributed by atoms with van der Waals surface area (Å²) in [5.41, 5.74) is 0.613. The number of carbonyl (C=O) groups excluding carboxylic acids is 2. The Morgan fingerprint density at radius 3 is 2.00 bits per heavy atom. The molecule has 0 atom stereocenters. The van der Waals surface area contributed by atoms with E-state index in [9.17, 15) is 9.59 Å². The van der Waals surface area contributed by atoms with Crippen LogP contribution in [0.2, 0.25) is 0 Å². The third-order valence-corrected chi connectivity index (χ3v) is 1.43. The van der Waals surface area contributed by atoms with Gasteiger partial charge in [0.1, 0.15) is 0 Å². The second-order valence-corrected chi connectivity index (χ2v) is 2.21. The zero-order chi connectivity index (χ0) is 9.52. The number of hydrogen-bond acceptors (Lipinski definition) is 4. The fraction of sp³-hybridized carbons (Fsp3) is 0. The van der Waals surface area contributed by atoms with E-state index in [2.05, 4.69) is 9.31 Å². The highest BCUT2D eigenvalue weighted by atomic mass is 16.6. The van der Waals surface area contributed by atoms with Crippen LogP contribution in [0.25, 0.3) is 0 Å². The summed E-state index contributed by atoms with van der Waals surface area (Å²) in [7, 11) is -0.948. The molecule has 66 valence electrons. The molecule has 0 aliphatic carbocycles. The van der Waals surface area contributed by atoms with E-state index in [1.165, 1.54) is 0 Å². The van der Waals surface area contributed by atoms with Gasteiger partial charge in [0, 0.05) is 5.46 Å². The fourth-order valence-electron chi connectivity index (χ4n) is 0.900. The summed E-state index contributed by atoms with van der Waals surface area (Å²) in [6.45, 7) is 0.475. The van der Waals surface area contributed by atoms with Crippen LogP contribution in [-0.4, -0.2) is 20.1 Å². The van der Waals surface area contributed by atoms with Crippen molar-refractivity contribution < 1.29 is 18.9 Å². The molecular formula is C8H7BO4. The Hall–Kier alpha value is -1.78. The predicted octanol–water partition coefficient (Wildman–Crippen LogP) is -0.272. The van der Waals surface area contributed by atoms with Crippen LogP contribution >= 0.6 is 0 Å². The van der Waals surface area contributed by atoms with E-state index in [1.807, 2.05) is 6.07 Å². The zero-order valence-corrected chi connectivity index (χ0v) is 6.75. The van der Waals surface area contributed by atoms with Crippen LogP contribution in [0.5, 0.6) is 0 Å². The van der Waals surface area contributed by atoms with Crippen molar-refractivity contribution in [1.82, 2.24) is 0 Å². The molecular weight excluding hydrogens is 171 g/mol. The maximum atomic E-state index is 10.0. The minimum atomic E-state index is -0.948. The first-order valence-electron chi connectivity index (χ1n) is 3.61. The topological polar surface area (TPSA) is 52.6 Å². The number of benzene rings is 1. The third kappa shape index (κ3) is 2.63. The molecule has 0 radical (unpaired) electrons. The number of carbonyl (C=O) groups is 2. The van der Waals surface area contributed by atoms with E-state index >= 15 is 0 Å². The highest BCUT2D eigenvalue weighted by molar-refractivity contribution is 6.63. The van der Waals surface area contributed by atoms with Gasteiger partial charge in [-0.2, -0.15) is 0 Å². The van der Waals surface area contributed by atoms with Crippen molar-refractivity contribution in [1.29, 1.82) is 0 Å². The summed E-state index contributed by atoms with van der Waals surface area (Å²) in [6.07, 6.45) is 0. The molecule has 1 aromatic rings. The molecule has 0 fully saturated rings. The van der Waals surface area contributed by atoms with E-state index < -0.39 is 7.12 Å². The van der Waals surface area contributed by atoms with Crippen molar-refractivity contribution in [3.8, 4) is 0 Å². The maximum absolute atomic E-state index is 10.0. The van der Waals surface area contributed by atoms with Gasteiger partial charge < -0.3 is 9.31 Å². The van der Waals surface area contributed by atoms with Crippen LogP contribution in [0.15, 0.2) is 30.3 Å². The quantitative estimate of drug-likeness (QED) is 0.459. The smallest absolute Gasteiger partial charge is 0.498 e. The maximum Gasteiger partial charge on any atom is 0.636 e. The van der Waals surface area contributed by atoms with E-state index in [0.29, 0.717) is 5.46 Å². The van der Waals surface area contributed by atoms with Crippen molar-refractivity contribution in [2.75, 3.05) is 0 Å². The van der Waals surface area contributed by atoms with Crippen molar-refractivity contribution in [3.05, 3.63) is 30.3 Å². The van der Waals surface area contributed by atoms with Gasteiger partial charge in [0.05, 0.1) is 0 Å². The molecule has 5 heteroatoms. The van der Waals surface area contributed by atoms with Crippen LogP contribution in [0, 0.1) is 0 Å². The van der Waals surface area contributed by atoms with Gasteiger partial charge in [0.2, 0.25) is 0 Å². The molecule has 0 amide bonds. The van der Waals surface area contributed by atoms with E-state index in [4.69, 9.17) is 0 Å². The predicted molar refractivity (Wildman–Crippen MR) is 46.1 cm³/mol.